The molecule has 0 bridgehead atoms. The number of aliphatic hydroxyl groups is 1. The molecule has 0 aromatic carbocycles. The van der Waals surface area contributed by atoms with Gasteiger partial charge in [-0.15, -0.1) is 0 Å². The summed E-state index contributed by atoms with van der Waals surface area (Å²) >= 11 is 0. The van der Waals surface area contributed by atoms with Gasteiger partial charge >= 0.3 is 5.97 Å². The molecule has 1 heterocycles. The van der Waals surface area contributed by atoms with Crippen LogP contribution in [0.2, 0.25) is 0 Å². The van der Waals surface area contributed by atoms with E-state index in [2.05, 4.69) is 0 Å². The number of rotatable bonds is 3. The van der Waals surface area contributed by atoms with E-state index in [1.807, 2.05) is 0 Å². The van der Waals surface area contributed by atoms with Crippen LogP contribution in [0.3, 0.4) is 0 Å². The summed E-state index contributed by atoms with van der Waals surface area (Å²) in [7, 11) is 0. The molecule has 1 N–H and O–H groups in total. The summed E-state index contributed by atoms with van der Waals surface area (Å²) in [5.74, 6) is -0.182. The summed E-state index contributed by atoms with van der Waals surface area (Å²) in [6, 6.07) is 0. The molecule has 2 rings (SSSR count). The van der Waals surface area contributed by atoms with E-state index < -0.39 is 0 Å². The Bertz CT molecular complexity index is 204. The fraction of sp³-hybridized carbons (Fsp3) is 0.889. The normalized spacial score (nSPS) is 36.5. The molecular weight excluding hydrogens is 172 g/mol. The maximum Gasteiger partial charge on any atom is 0.309 e. The van der Waals surface area contributed by atoms with Gasteiger partial charge < -0.3 is 14.6 Å². The van der Waals surface area contributed by atoms with E-state index in [1.165, 1.54) is 0 Å². The Hall–Kier alpha value is -0.610. The average molecular weight is 186 g/mol. The number of carbonyl (C=O) groups is 1. The number of hydrogen-bond acceptors (Lipinski definition) is 4. The zero-order valence-electron chi connectivity index (χ0n) is 7.44. The number of hydrogen-bond donors (Lipinski definition) is 1. The molecule has 4 heteroatoms. The minimum absolute atomic E-state index is 0.00435. The minimum Gasteiger partial charge on any atom is -0.463 e. The highest BCUT2D eigenvalue weighted by atomic mass is 16.6. The second kappa shape index (κ2) is 3.64. The summed E-state index contributed by atoms with van der Waals surface area (Å²) in [4.78, 5) is 11.3. The molecule has 0 unspecified atom stereocenters. The lowest BCUT2D eigenvalue weighted by atomic mass is 9.89. The molecule has 0 aromatic heterocycles. The summed E-state index contributed by atoms with van der Waals surface area (Å²) in [6.45, 7) is 0.0191. The predicted molar refractivity (Wildman–Crippen MR) is 44.0 cm³/mol. The fourth-order valence-electron chi connectivity index (χ4n) is 1.88. The Balaban J connectivity index is 1.75. The summed E-state index contributed by atoms with van der Waals surface area (Å²) in [5, 5.41) is 8.47. The van der Waals surface area contributed by atoms with Crippen molar-refractivity contribution in [2.24, 2.45) is 5.92 Å². The Morgan fingerprint density at radius 3 is 3.00 bits per heavy atom. The minimum atomic E-state index is -0.178. The quantitative estimate of drug-likeness (QED) is 0.501. The number of ether oxygens (including phenoxy) is 2. The first-order valence-electron chi connectivity index (χ1n) is 4.74. The van der Waals surface area contributed by atoms with Gasteiger partial charge in [-0.05, 0) is 19.3 Å². The van der Waals surface area contributed by atoms with E-state index in [0.717, 1.165) is 19.3 Å². The summed E-state index contributed by atoms with van der Waals surface area (Å²) in [5.41, 5.74) is 0. The van der Waals surface area contributed by atoms with Crippen LogP contribution in [-0.4, -0.2) is 36.5 Å². The lowest BCUT2D eigenvalue weighted by Gasteiger charge is -2.16. The van der Waals surface area contributed by atoms with Gasteiger partial charge in [-0.2, -0.15) is 0 Å². The highest BCUT2D eigenvalue weighted by Gasteiger charge is 2.46. The van der Waals surface area contributed by atoms with Crippen LogP contribution in [0.5, 0.6) is 0 Å². The van der Waals surface area contributed by atoms with Gasteiger partial charge in [0.25, 0.3) is 0 Å². The molecule has 1 saturated carbocycles. The smallest absolute Gasteiger partial charge is 0.309 e. The van der Waals surface area contributed by atoms with E-state index in [-0.39, 0.29) is 25.1 Å². The van der Waals surface area contributed by atoms with Crippen molar-refractivity contribution in [3.05, 3.63) is 0 Å². The summed E-state index contributed by atoms with van der Waals surface area (Å²) < 4.78 is 10.2. The van der Waals surface area contributed by atoms with Gasteiger partial charge in [-0.1, -0.05) is 0 Å². The van der Waals surface area contributed by atoms with Crippen molar-refractivity contribution in [1.82, 2.24) is 0 Å². The first kappa shape index (κ1) is 8.97. The van der Waals surface area contributed by atoms with E-state index in [4.69, 9.17) is 14.6 Å². The van der Waals surface area contributed by atoms with Crippen molar-refractivity contribution in [3.8, 4) is 0 Å². The van der Waals surface area contributed by atoms with E-state index in [9.17, 15) is 4.79 Å². The molecule has 2 fully saturated rings. The van der Waals surface area contributed by atoms with E-state index >= 15 is 0 Å². The number of esters is 1. The molecular formula is C9H14O4. The predicted octanol–water partition coefficient (Wildman–Crippen LogP) is 0.0894. The molecule has 0 aromatic rings. The Labute approximate surface area is 76.8 Å². The maximum atomic E-state index is 11.3. The monoisotopic (exact) mass is 186 g/mol. The van der Waals surface area contributed by atoms with E-state index in [0.29, 0.717) is 12.2 Å². The van der Waals surface area contributed by atoms with Gasteiger partial charge in [0.05, 0.1) is 24.7 Å². The first-order valence-corrected chi connectivity index (χ1v) is 4.74. The molecule has 1 aliphatic carbocycles. The zero-order valence-corrected chi connectivity index (χ0v) is 7.44. The third-order valence-corrected chi connectivity index (χ3v) is 2.67. The Morgan fingerprint density at radius 2 is 2.31 bits per heavy atom. The number of fused-ring (bicyclic) bond motifs is 1. The Morgan fingerprint density at radius 1 is 1.46 bits per heavy atom. The van der Waals surface area contributed by atoms with Gasteiger partial charge in [0, 0.05) is 0 Å². The van der Waals surface area contributed by atoms with Crippen LogP contribution in [0.25, 0.3) is 0 Å². The van der Waals surface area contributed by atoms with E-state index in [1.54, 1.807) is 0 Å². The average Bonchev–Trinajstić information content (AvgIpc) is 2.91. The van der Waals surface area contributed by atoms with Crippen molar-refractivity contribution in [2.75, 3.05) is 13.2 Å². The number of aliphatic hydroxyl groups excluding tert-OH is 1. The third kappa shape index (κ3) is 2.00. The van der Waals surface area contributed by atoms with Crippen LogP contribution in [0, 0.1) is 5.92 Å². The third-order valence-electron chi connectivity index (χ3n) is 2.67. The van der Waals surface area contributed by atoms with Crippen molar-refractivity contribution >= 4 is 5.97 Å². The van der Waals surface area contributed by atoms with Gasteiger partial charge in [-0.3, -0.25) is 4.79 Å². The Kier molecular flexibility index (Phi) is 2.51. The van der Waals surface area contributed by atoms with Crippen LogP contribution in [0.1, 0.15) is 19.3 Å². The van der Waals surface area contributed by atoms with Crippen LogP contribution < -0.4 is 0 Å². The molecule has 0 radical (unpaired) electrons. The van der Waals surface area contributed by atoms with Crippen LogP contribution in [-0.2, 0) is 14.3 Å². The van der Waals surface area contributed by atoms with Crippen molar-refractivity contribution in [2.45, 2.75) is 31.5 Å². The maximum absolute atomic E-state index is 11.3. The lowest BCUT2D eigenvalue weighted by molar-refractivity contribution is -0.150. The van der Waals surface area contributed by atoms with Crippen molar-refractivity contribution < 1.29 is 19.4 Å². The van der Waals surface area contributed by atoms with Crippen molar-refractivity contribution in [3.63, 3.8) is 0 Å². The molecule has 0 spiro atoms. The van der Waals surface area contributed by atoms with Crippen LogP contribution >= 0.6 is 0 Å². The molecule has 2 aliphatic rings. The van der Waals surface area contributed by atoms with Gasteiger partial charge in [0.15, 0.2) is 0 Å². The molecule has 74 valence electrons. The number of epoxide rings is 1. The number of carbonyl (C=O) groups excluding carboxylic acids is 1. The van der Waals surface area contributed by atoms with Gasteiger partial charge in [0.2, 0.25) is 0 Å². The lowest BCUT2D eigenvalue weighted by Crippen LogP contribution is -2.24. The SMILES string of the molecule is O=C(OCCO)[C@@H]1CC[C@H]2O[C@H]2C1. The van der Waals surface area contributed by atoms with Gasteiger partial charge in [-0.25, -0.2) is 0 Å². The largest absolute Gasteiger partial charge is 0.463 e. The fourth-order valence-corrected chi connectivity index (χ4v) is 1.88. The second-order valence-electron chi connectivity index (χ2n) is 3.61. The molecule has 1 aliphatic heterocycles. The molecule has 1 saturated heterocycles. The van der Waals surface area contributed by atoms with Crippen LogP contribution in [0.15, 0.2) is 0 Å². The molecule has 3 atom stereocenters. The highest BCUT2D eigenvalue weighted by Crippen LogP contribution is 2.39. The molecule has 4 nitrogen and oxygen atoms in total. The first-order chi connectivity index (χ1) is 6.31. The topological polar surface area (TPSA) is 59.1 Å². The van der Waals surface area contributed by atoms with Gasteiger partial charge in [0.1, 0.15) is 6.61 Å². The van der Waals surface area contributed by atoms with Crippen molar-refractivity contribution in [1.29, 1.82) is 0 Å². The molecule has 13 heavy (non-hydrogen) atoms. The standard InChI is InChI=1S/C9H14O4/c10-3-4-12-9(11)6-1-2-7-8(5-6)13-7/h6-8,10H,1-5H2/t6-,7-,8+/m1/s1. The highest BCUT2D eigenvalue weighted by molar-refractivity contribution is 5.72. The zero-order chi connectivity index (χ0) is 9.26. The summed E-state index contributed by atoms with van der Waals surface area (Å²) in [6.07, 6.45) is 3.37. The molecule has 0 amide bonds. The second-order valence-corrected chi connectivity index (χ2v) is 3.61. The van der Waals surface area contributed by atoms with Crippen LogP contribution in [0.4, 0.5) is 0 Å².